The third-order valence-electron chi connectivity index (χ3n) is 2.74. The molecule has 0 spiro atoms. The van der Waals surface area contributed by atoms with Crippen molar-refractivity contribution in [2.75, 3.05) is 20.3 Å². The number of benzene rings is 1. The van der Waals surface area contributed by atoms with Crippen LogP contribution >= 0.6 is 0 Å². The summed E-state index contributed by atoms with van der Waals surface area (Å²) in [6.07, 6.45) is 0. The summed E-state index contributed by atoms with van der Waals surface area (Å²) in [5.74, 6) is -0.367. The number of esters is 1. The minimum atomic E-state index is -0.547. The number of carbonyl (C=O) groups excluding carboxylic acids is 1. The minimum Gasteiger partial charge on any atom is -0.465 e. The van der Waals surface area contributed by atoms with Crippen LogP contribution in [0.1, 0.15) is 29.8 Å². The predicted molar refractivity (Wildman–Crippen MR) is 68.2 cm³/mol. The Balaban J connectivity index is 0.000000771. The van der Waals surface area contributed by atoms with Crippen LogP contribution in [0.25, 0.3) is 4.85 Å². The first-order valence-corrected chi connectivity index (χ1v) is 5.87. The van der Waals surface area contributed by atoms with Crippen LogP contribution in [-0.4, -0.2) is 26.3 Å². The number of rotatable bonds is 2. The molecule has 2 rings (SSSR count). The van der Waals surface area contributed by atoms with Crippen molar-refractivity contribution in [2.45, 2.75) is 19.4 Å². The molecule has 0 atom stereocenters. The van der Waals surface area contributed by atoms with Gasteiger partial charge in [-0.05, 0) is 24.3 Å². The fourth-order valence-electron chi connectivity index (χ4n) is 1.63. The topological polar surface area (TPSA) is 39.9 Å². The van der Waals surface area contributed by atoms with E-state index in [9.17, 15) is 4.79 Å². The summed E-state index contributed by atoms with van der Waals surface area (Å²) in [6, 6.07) is 6.92. The molecule has 96 valence electrons. The molecule has 0 saturated carbocycles. The van der Waals surface area contributed by atoms with Crippen LogP contribution in [0.3, 0.4) is 0 Å². The van der Waals surface area contributed by atoms with Gasteiger partial charge in [-0.25, -0.2) is 11.4 Å². The summed E-state index contributed by atoms with van der Waals surface area (Å²) in [6.45, 7) is 12.0. The second kappa shape index (κ2) is 6.18. The lowest BCUT2D eigenvalue weighted by Gasteiger charge is -2.30. The molecule has 0 unspecified atom stereocenters. The highest BCUT2D eigenvalue weighted by Crippen LogP contribution is 2.33. The first-order valence-electron chi connectivity index (χ1n) is 5.87. The van der Waals surface area contributed by atoms with Crippen LogP contribution in [0, 0.1) is 6.57 Å². The third kappa shape index (κ3) is 2.52. The van der Waals surface area contributed by atoms with Gasteiger partial charge >= 0.3 is 11.5 Å². The molecule has 1 aliphatic rings. The lowest BCUT2D eigenvalue weighted by molar-refractivity contribution is -0.0354. The molecule has 0 N–H and O–H groups in total. The van der Waals surface area contributed by atoms with Gasteiger partial charge in [0.05, 0.1) is 12.7 Å². The Hall–Kier alpha value is -1.86. The van der Waals surface area contributed by atoms with E-state index in [1.807, 2.05) is 13.8 Å². The predicted octanol–water partition coefficient (Wildman–Crippen LogP) is 2.64. The molecule has 1 fully saturated rings. The molecule has 1 aliphatic heterocycles. The van der Waals surface area contributed by atoms with Crippen LogP contribution in [0.2, 0.25) is 0 Å². The molecule has 18 heavy (non-hydrogen) atoms. The average molecular weight is 247 g/mol. The van der Waals surface area contributed by atoms with E-state index in [2.05, 4.69) is 9.58 Å². The standard InChI is InChI=1S/C12H11NO3.C2H6/c1-13-12(7-16-8-12)10-5-3-9(4-6-10)11(14)15-2;1-2/h3-6H,7-8H2,2H3;1-2H3. The van der Waals surface area contributed by atoms with Crippen LogP contribution in [-0.2, 0) is 15.0 Å². The van der Waals surface area contributed by atoms with Crippen molar-refractivity contribution in [2.24, 2.45) is 0 Å². The Bertz CT molecular complexity index is 441. The highest BCUT2D eigenvalue weighted by atomic mass is 16.5. The molecule has 0 bridgehead atoms. The monoisotopic (exact) mass is 247 g/mol. The molecule has 4 nitrogen and oxygen atoms in total. The maximum Gasteiger partial charge on any atom is 0.337 e. The van der Waals surface area contributed by atoms with Gasteiger partial charge in [-0.15, -0.1) is 0 Å². The molecule has 0 radical (unpaired) electrons. The Morgan fingerprint density at radius 1 is 1.33 bits per heavy atom. The Morgan fingerprint density at radius 2 is 1.89 bits per heavy atom. The third-order valence-corrected chi connectivity index (χ3v) is 2.74. The first-order chi connectivity index (χ1) is 8.72. The summed E-state index contributed by atoms with van der Waals surface area (Å²) in [4.78, 5) is 14.8. The number of ether oxygens (including phenoxy) is 2. The summed E-state index contributed by atoms with van der Waals surface area (Å²) in [7, 11) is 1.34. The average Bonchev–Trinajstić information content (AvgIpc) is 2.40. The van der Waals surface area contributed by atoms with E-state index in [4.69, 9.17) is 11.3 Å². The van der Waals surface area contributed by atoms with Gasteiger partial charge in [0.15, 0.2) is 0 Å². The van der Waals surface area contributed by atoms with E-state index >= 15 is 0 Å². The lowest BCUT2D eigenvalue weighted by atomic mass is 9.88. The first kappa shape index (κ1) is 14.2. The van der Waals surface area contributed by atoms with Crippen LogP contribution in [0.4, 0.5) is 0 Å². The normalized spacial score (nSPS) is 15.4. The van der Waals surface area contributed by atoms with E-state index in [1.165, 1.54) is 7.11 Å². The van der Waals surface area contributed by atoms with Crippen LogP contribution in [0.15, 0.2) is 24.3 Å². The molecular formula is C14H17NO3. The fourth-order valence-corrected chi connectivity index (χ4v) is 1.63. The Labute approximate surface area is 107 Å². The summed E-state index contributed by atoms with van der Waals surface area (Å²) < 4.78 is 9.68. The summed E-state index contributed by atoms with van der Waals surface area (Å²) >= 11 is 0. The van der Waals surface area contributed by atoms with Crippen molar-refractivity contribution in [3.8, 4) is 0 Å². The smallest absolute Gasteiger partial charge is 0.337 e. The fraction of sp³-hybridized carbons (Fsp3) is 0.429. The van der Waals surface area contributed by atoms with Gasteiger partial charge in [-0.3, -0.25) is 0 Å². The molecule has 1 heterocycles. The summed E-state index contributed by atoms with van der Waals surface area (Å²) in [5.41, 5.74) is 0.835. The van der Waals surface area contributed by atoms with Crippen molar-refractivity contribution in [3.63, 3.8) is 0 Å². The van der Waals surface area contributed by atoms with E-state index in [-0.39, 0.29) is 5.97 Å². The zero-order chi connectivity index (χ0) is 13.6. The van der Waals surface area contributed by atoms with Gasteiger partial charge in [0.25, 0.3) is 0 Å². The molecular weight excluding hydrogens is 230 g/mol. The van der Waals surface area contributed by atoms with E-state index < -0.39 is 5.54 Å². The van der Waals surface area contributed by atoms with Gasteiger partial charge in [-0.1, -0.05) is 13.8 Å². The largest absolute Gasteiger partial charge is 0.465 e. The van der Waals surface area contributed by atoms with Crippen molar-refractivity contribution >= 4 is 5.97 Å². The highest BCUT2D eigenvalue weighted by Gasteiger charge is 2.47. The van der Waals surface area contributed by atoms with Crippen molar-refractivity contribution in [1.82, 2.24) is 0 Å². The minimum absolute atomic E-state index is 0.367. The van der Waals surface area contributed by atoms with Gasteiger partial charge < -0.3 is 14.3 Å². The highest BCUT2D eigenvalue weighted by molar-refractivity contribution is 5.89. The second-order valence-corrected chi connectivity index (χ2v) is 3.71. The molecule has 0 aliphatic carbocycles. The van der Waals surface area contributed by atoms with Crippen LogP contribution < -0.4 is 0 Å². The van der Waals surface area contributed by atoms with Gasteiger partial charge in [0, 0.05) is 5.56 Å². The molecule has 1 aromatic rings. The molecule has 0 amide bonds. The van der Waals surface area contributed by atoms with E-state index in [0.29, 0.717) is 18.8 Å². The number of hydrogen-bond acceptors (Lipinski definition) is 3. The number of nitrogens with zero attached hydrogens (tertiary/aromatic N) is 1. The summed E-state index contributed by atoms with van der Waals surface area (Å²) in [5, 5.41) is 0. The van der Waals surface area contributed by atoms with Gasteiger partial charge in [-0.2, -0.15) is 0 Å². The molecule has 4 heteroatoms. The number of methoxy groups -OCH3 is 1. The van der Waals surface area contributed by atoms with Crippen molar-refractivity contribution < 1.29 is 14.3 Å². The van der Waals surface area contributed by atoms with E-state index in [1.54, 1.807) is 24.3 Å². The zero-order valence-corrected chi connectivity index (χ0v) is 10.9. The SMILES string of the molecule is CC.[C-]#[N+]C1(c2ccc(C(=O)OC)cc2)COC1. The maximum absolute atomic E-state index is 11.2. The molecule has 1 saturated heterocycles. The maximum atomic E-state index is 11.2. The molecule has 1 aromatic carbocycles. The van der Waals surface area contributed by atoms with Crippen LogP contribution in [0.5, 0.6) is 0 Å². The van der Waals surface area contributed by atoms with E-state index in [0.717, 1.165) is 5.56 Å². The van der Waals surface area contributed by atoms with Crippen molar-refractivity contribution in [3.05, 3.63) is 46.8 Å². The lowest BCUT2D eigenvalue weighted by Crippen LogP contribution is -2.43. The number of carbonyl (C=O) groups is 1. The Kier molecular flexibility index (Phi) is 4.87. The van der Waals surface area contributed by atoms with Gasteiger partial charge in [0.2, 0.25) is 0 Å². The Morgan fingerprint density at radius 3 is 2.22 bits per heavy atom. The number of hydrogen-bond donors (Lipinski definition) is 0. The van der Waals surface area contributed by atoms with Crippen molar-refractivity contribution in [1.29, 1.82) is 0 Å². The zero-order valence-electron chi connectivity index (χ0n) is 10.9. The molecule has 0 aromatic heterocycles. The quantitative estimate of drug-likeness (QED) is 0.596. The second-order valence-electron chi connectivity index (χ2n) is 3.71. The van der Waals surface area contributed by atoms with Gasteiger partial charge in [0.1, 0.15) is 13.2 Å².